The van der Waals surface area contributed by atoms with Crippen LogP contribution in [0.1, 0.15) is 47.0 Å². The van der Waals surface area contributed by atoms with Crippen molar-refractivity contribution >= 4 is 11.6 Å². The van der Waals surface area contributed by atoms with Crippen molar-refractivity contribution in [3.05, 3.63) is 0 Å². The van der Waals surface area contributed by atoms with Crippen LogP contribution in [0.25, 0.3) is 0 Å². The predicted octanol–water partition coefficient (Wildman–Crippen LogP) is 2.85. The minimum absolute atomic E-state index is 0.00926. The van der Waals surface area contributed by atoms with Gasteiger partial charge in [0.2, 0.25) is 0 Å². The molecule has 2 fully saturated rings. The Bertz CT molecular complexity index is 330. The molecule has 90 valence electrons. The first-order chi connectivity index (χ1) is 7.35. The lowest BCUT2D eigenvalue weighted by Crippen LogP contribution is -2.26. The van der Waals surface area contributed by atoms with Crippen LogP contribution in [0.2, 0.25) is 0 Å². The monoisotopic (exact) mass is 222 g/mol. The molecule has 0 unspecified atom stereocenters. The van der Waals surface area contributed by atoms with Crippen molar-refractivity contribution in [3.63, 3.8) is 0 Å². The lowest BCUT2D eigenvalue weighted by molar-refractivity contribution is -0.130. The molecule has 4 atom stereocenters. The van der Waals surface area contributed by atoms with E-state index in [4.69, 9.17) is 0 Å². The van der Waals surface area contributed by atoms with Gasteiger partial charge >= 0.3 is 0 Å². The summed E-state index contributed by atoms with van der Waals surface area (Å²) in [6, 6.07) is 0. The highest BCUT2D eigenvalue weighted by Gasteiger charge is 2.62. The fraction of sp³-hybridized carbons (Fsp3) is 0.857. The third-order valence-corrected chi connectivity index (χ3v) is 4.84. The van der Waals surface area contributed by atoms with Crippen molar-refractivity contribution in [2.75, 3.05) is 0 Å². The maximum Gasteiger partial charge on any atom is 0.139 e. The van der Waals surface area contributed by atoms with E-state index < -0.39 is 0 Å². The van der Waals surface area contributed by atoms with E-state index >= 15 is 0 Å². The molecule has 0 bridgehead atoms. The van der Waals surface area contributed by atoms with Crippen LogP contribution in [0.15, 0.2) is 0 Å². The predicted molar refractivity (Wildman–Crippen MR) is 63.0 cm³/mol. The molecule has 2 heteroatoms. The van der Waals surface area contributed by atoms with Gasteiger partial charge in [0.1, 0.15) is 11.6 Å². The molecular weight excluding hydrogens is 200 g/mol. The first kappa shape index (κ1) is 11.8. The maximum atomic E-state index is 12.3. The van der Waals surface area contributed by atoms with Crippen molar-refractivity contribution in [2.24, 2.45) is 29.1 Å². The van der Waals surface area contributed by atoms with E-state index in [9.17, 15) is 9.59 Å². The van der Waals surface area contributed by atoms with E-state index in [1.165, 1.54) is 6.42 Å². The zero-order chi connectivity index (χ0) is 12.1. The molecule has 16 heavy (non-hydrogen) atoms. The van der Waals surface area contributed by atoms with Crippen LogP contribution >= 0.6 is 0 Å². The summed E-state index contributed by atoms with van der Waals surface area (Å²) < 4.78 is 0. The molecule has 0 heterocycles. The molecular formula is C14H22O2. The topological polar surface area (TPSA) is 34.1 Å². The van der Waals surface area contributed by atoms with Gasteiger partial charge in [-0.1, -0.05) is 20.8 Å². The summed E-state index contributed by atoms with van der Waals surface area (Å²) in [5, 5.41) is 0. The standard InChI is InChI=1S/C14H22O2/c1-8-5-6-11-12(14(11,3)4)10(13(8)16)7-9(2)15/h8,10-12H,5-7H2,1-4H3/t8-,10-,11+,12-/m0/s1. The van der Waals surface area contributed by atoms with Gasteiger partial charge in [-0.2, -0.15) is 0 Å². The minimum Gasteiger partial charge on any atom is -0.300 e. The second kappa shape index (κ2) is 3.68. The smallest absolute Gasteiger partial charge is 0.139 e. The molecule has 0 N–H and O–H groups in total. The number of carbonyl (C=O) groups is 2. The van der Waals surface area contributed by atoms with Crippen molar-refractivity contribution in [2.45, 2.75) is 47.0 Å². The first-order valence-electron chi connectivity index (χ1n) is 6.39. The van der Waals surface area contributed by atoms with Crippen LogP contribution in [0, 0.1) is 29.1 Å². The number of rotatable bonds is 2. The average Bonchev–Trinajstić information content (AvgIpc) is 2.74. The molecule has 0 aromatic carbocycles. The molecule has 0 aromatic heterocycles. The number of ketones is 2. The highest BCUT2D eigenvalue weighted by Crippen LogP contribution is 2.66. The summed E-state index contributed by atoms with van der Waals surface area (Å²) in [4.78, 5) is 23.6. The van der Waals surface area contributed by atoms with Crippen LogP contribution in [0.5, 0.6) is 0 Å². The molecule has 0 amide bonds. The van der Waals surface area contributed by atoms with Gasteiger partial charge in [0.25, 0.3) is 0 Å². The van der Waals surface area contributed by atoms with E-state index in [0.717, 1.165) is 6.42 Å². The lowest BCUT2D eigenvalue weighted by Gasteiger charge is -2.19. The van der Waals surface area contributed by atoms with Crippen LogP contribution < -0.4 is 0 Å². The van der Waals surface area contributed by atoms with Gasteiger partial charge in [-0.3, -0.25) is 4.79 Å². The Labute approximate surface area is 97.8 Å². The normalized spacial score (nSPS) is 41.1. The number of Topliss-reactive ketones (excluding diaryl/α,β-unsaturated/α-hetero) is 2. The van der Waals surface area contributed by atoms with Gasteiger partial charge in [0.05, 0.1) is 0 Å². The van der Waals surface area contributed by atoms with Crippen molar-refractivity contribution in [3.8, 4) is 0 Å². The highest BCUT2D eigenvalue weighted by molar-refractivity contribution is 5.89. The molecule has 0 aliphatic heterocycles. The quantitative estimate of drug-likeness (QED) is 0.720. The fourth-order valence-corrected chi connectivity index (χ4v) is 3.79. The third-order valence-electron chi connectivity index (χ3n) is 4.84. The van der Waals surface area contributed by atoms with Gasteiger partial charge < -0.3 is 4.79 Å². The fourth-order valence-electron chi connectivity index (χ4n) is 3.79. The second-order valence-electron chi connectivity index (χ2n) is 6.35. The second-order valence-corrected chi connectivity index (χ2v) is 6.35. The van der Waals surface area contributed by atoms with E-state index in [-0.39, 0.29) is 23.0 Å². The molecule has 2 aliphatic carbocycles. The van der Waals surface area contributed by atoms with Gasteiger partial charge in [-0.25, -0.2) is 0 Å². The first-order valence-corrected chi connectivity index (χ1v) is 6.39. The number of hydrogen-bond acceptors (Lipinski definition) is 2. The van der Waals surface area contributed by atoms with Gasteiger partial charge in [0, 0.05) is 18.3 Å². The Kier molecular flexibility index (Phi) is 2.72. The molecule has 2 rings (SSSR count). The number of fused-ring (bicyclic) bond motifs is 1. The third kappa shape index (κ3) is 1.72. The van der Waals surface area contributed by atoms with Crippen LogP contribution in [-0.2, 0) is 9.59 Å². The zero-order valence-corrected chi connectivity index (χ0v) is 10.7. The lowest BCUT2D eigenvalue weighted by atomic mass is 9.83. The Morgan fingerprint density at radius 2 is 2.00 bits per heavy atom. The summed E-state index contributed by atoms with van der Waals surface area (Å²) in [5.74, 6) is 1.81. The Morgan fingerprint density at radius 1 is 1.38 bits per heavy atom. The number of carbonyl (C=O) groups excluding carboxylic acids is 2. The molecule has 2 saturated carbocycles. The zero-order valence-electron chi connectivity index (χ0n) is 10.7. The average molecular weight is 222 g/mol. The van der Waals surface area contributed by atoms with E-state index in [2.05, 4.69) is 13.8 Å². The van der Waals surface area contributed by atoms with Crippen molar-refractivity contribution < 1.29 is 9.59 Å². The molecule has 2 nitrogen and oxygen atoms in total. The van der Waals surface area contributed by atoms with Gasteiger partial charge in [0.15, 0.2) is 0 Å². The van der Waals surface area contributed by atoms with Crippen molar-refractivity contribution in [1.82, 2.24) is 0 Å². The molecule has 0 aromatic rings. The van der Waals surface area contributed by atoms with E-state index in [1.54, 1.807) is 6.92 Å². The Balaban J connectivity index is 2.21. The summed E-state index contributed by atoms with van der Waals surface area (Å²) in [7, 11) is 0. The van der Waals surface area contributed by atoms with E-state index in [1.807, 2.05) is 6.92 Å². The summed E-state index contributed by atoms with van der Waals surface area (Å²) in [5.41, 5.74) is 0.288. The maximum absolute atomic E-state index is 12.3. The van der Waals surface area contributed by atoms with Crippen LogP contribution in [0.3, 0.4) is 0 Å². The SMILES string of the molecule is CC(=O)C[C@@H]1C(=O)[C@@H](C)CC[C@@H]2[C@H]1C2(C)C. The molecule has 2 aliphatic rings. The Hall–Kier alpha value is -0.660. The van der Waals surface area contributed by atoms with Crippen LogP contribution in [-0.4, -0.2) is 11.6 Å². The molecule has 0 spiro atoms. The van der Waals surface area contributed by atoms with Crippen LogP contribution in [0.4, 0.5) is 0 Å². The van der Waals surface area contributed by atoms with Gasteiger partial charge in [-0.15, -0.1) is 0 Å². The largest absolute Gasteiger partial charge is 0.300 e. The summed E-state index contributed by atoms with van der Waals surface area (Å²) in [6.45, 7) is 8.12. The number of hydrogen-bond donors (Lipinski definition) is 0. The Morgan fingerprint density at radius 3 is 2.56 bits per heavy atom. The molecule has 0 radical (unpaired) electrons. The van der Waals surface area contributed by atoms with Crippen molar-refractivity contribution in [1.29, 1.82) is 0 Å². The summed E-state index contributed by atoms with van der Waals surface area (Å²) >= 11 is 0. The minimum atomic E-state index is 0.00926. The van der Waals surface area contributed by atoms with E-state index in [0.29, 0.717) is 24.0 Å². The summed E-state index contributed by atoms with van der Waals surface area (Å²) in [6.07, 6.45) is 2.64. The van der Waals surface area contributed by atoms with Gasteiger partial charge in [-0.05, 0) is 37.0 Å². The molecule has 0 saturated heterocycles. The highest BCUT2D eigenvalue weighted by atomic mass is 16.1.